The van der Waals surface area contributed by atoms with Crippen LogP contribution in [-0.4, -0.2) is 11.4 Å². The number of allylic oxidation sites excluding steroid dienone is 1. The summed E-state index contributed by atoms with van der Waals surface area (Å²) in [4.78, 5) is 4.67. The second kappa shape index (κ2) is 3.89. The van der Waals surface area contributed by atoms with Gasteiger partial charge in [0.15, 0.2) is 0 Å². The molecule has 16 heavy (non-hydrogen) atoms. The van der Waals surface area contributed by atoms with E-state index in [4.69, 9.17) is 4.52 Å². The van der Waals surface area contributed by atoms with Crippen molar-refractivity contribution in [3.8, 4) is 0 Å². The van der Waals surface area contributed by atoms with Crippen LogP contribution in [0.4, 0.5) is 0 Å². The zero-order valence-electron chi connectivity index (χ0n) is 9.30. The summed E-state index contributed by atoms with van der Waals surface area (Å²) in [6, 6.07) is 1.95. The molecule has 1 unspecified atom stereocenters. The molecule has 3 nitrogen and oxygen atoms in total. The van der Waals surface area contributed by atoms with Gasteiger partial charge in [-0.25, -0.2) is 0 Å². The lowest BCUT2D eigenvalue weighted by molar-refractivity contribution is 0.243. The van der Waals surface area contributed by atoms with Crippen LogP contribution in [0.2, 0.25) is 0 Å². The Hall–Kier alpha value is -1.38. The highest BCUT2D eigenvalue weighted by atomic mass is 16.5. The SMILES string of the molecule is C1=CC(c2ccon2)(C2CCCCC2)N=C1. The van der Waals surface area contributed by atoms with Crippen LogP contribution >= 0.6 is 0 Å². The average molecular weight is 216 g/mol. The third kappa shape index (κ3) is 1.42. The molecule has 0 radical (unpaired) electrons. The second-order valence-corrected chi connectivity index (χ2v) is 4.68. The lowest BCUT2D eigenvalue weighted by atomic mass is 9.73. The van der Waals surface area contributed by atoms with Crippen molar-refractivity contribution in [2.75, 3.05) is 0 Å². The number of hydrogen-bond acceptors (Lipinski definition) is 3. The van der Waals surface area contributed by atoms with Gasteiger partial charge in [0, 0.05) is 12.3 Å². The van der Waals surface area contributed by atoms with Gasteiger partial charge < -0.3 is 4.52 Å². The summed E-state index contributed by atoms with van der Waals surface area (Å²) in [6.45, 7) is 0. The van der Waals surface area contributed by atoms with E-state index in [0.717, 1.165) is 5.69 Å². The fraction of sp³-hybridized carbons (Fsp3) is 0.538. The van der Waals surface area contributed by atoms with E-state index >= 15 is 0 Å². The molecule has 84 valence electrons. The van der Waals surface area contributed by atoms with Crippen LogP contribution < -0.4 is 0 Å². The fourth-order valence-electron chi connectivity index (χ4n) is 2.96. The maximum atomic E-state index is 4.98. The number of aliphatic imine (C=N–C) groups is 1. The quantitative estimate of drug-likeness (QED) is 0.762. The molecule has 2 aliphatic rings. The van der Waals surface area contributed by atoms with Crippen LogP contribution in [0.1, 0.15) is 37.8 Å². The van der Waals surface area contributed by atoms with Crippen molar-refractivity contribution < 1.29 is 4.52 Å². The summed E-state index contributed by atoms with van der Waals surface area (Å²) in [7, 11) is 0. The first-order valence-corrected chi connectivity index (χ1v) is 6.06. The maximum absolute atomic E-state index is 4.98. The van der Waals surface area contributed by atoms with Crippen LogP contribution in [0.5, 0.6) is 0 Å². The van der Waals surface area contributed by atoms with E-state index in [-0.39, 0.29) is 5.54 Å². The standard InChI is InChI=1S/C13H16N2O/c1-2-5-11(6-3-1)13(8-4-9-14-13)12-7-10-16-15-12/h4,7-11H,1-3,5-6H2. The maximum Gasteiger partial charge on any atom is 0.127 e. The summed E-state index contributed by atoms with van der Waals surface area (Å²) >= 11 is 0. The van der Waals surface area contributed by atoms with Crippen molar-refractivity contribution >= 4 is 6.21 Å². The lowest BCUT2D eigenvalue weighted by Crippen LogP contribution is -2.32. The minimum atomic E-state index is -0.229. The van der Waals surface area contributed by atoms with E-state index in [1.807, 2.05) is 18.4 Å². The van der Waals surface area contributed by atoms with Crippen molar-refractivity contribution in [3.05, 3.63) is 30.2 Å². The lowest BCUT2D eigenvalue weighted by Gasteiger charge is -2.34. The Labute approximate surface area is 95.2 Å². The molecular formula is C13H16N2O. The van der Waals surface area contributed by atoms with Gasteiger partial charge >= 0.3 is 0 Å². The molecule has 0 bridgehead atoms. The van der Waals surface area contributed by atoms with Crippen LogP contribution in [0, 0.1) is 5.92 Å². The molecule has 1 aromatic rings. The first-order chi connectivity index (χ1) is 7.92. The van der Waals surface area contributed by atoms with E-state index in [1.54, 1.807) is 6.26 Å². The van der Waals surface area contributed by atoms with Crippen molar-refractivity contribution in [2.45, 2.75) is 37.6 Å². The number of hydrogen-bond donors (Lipinski definition) is 0. The molecule has 1 saturated carbocycles. The van der Waals surface area contributed by atoms with Gasteiger partial charge in [0.2, 0.25) is 0 Å². The smallest absolute Gasteiger partial charge is 0.127 e. The van der Waals surface area contributed by atoms with E-state index in [0.29, 0.717) is 5.92 Å². The summed E-state index contributed by atoms with van der Waals surface area (Å²) in [5.74, 6) is 0.585. The largest absolute Gasteiger partial charge is 0.364 e. The summed E-state index contributed by atoms with van der Waals surface area (Å²) < 4.78 is 4.98. The highest BCUT2D eigenvalue weighted by molar-refractivity contribution is 5.75. The molecule has 0 saturated heterocycles. The summed E-state index contributed by atoms with van der Waals surface area (Å²) in [6.07, 6.45) is 14.2. The number of rotatable bonds is 2. The van der Waals surface area contributed by atoms with Gasteiger partial charge in [-0.2, -0.15) is 0 Å². The molecule has 0 spiro atoms. The first kappa shape index (κ1) is 9.82. The van der Waals surface area contributed by atoms with Crippen molar-refractivity contribution in [1.29, 1.82) is 0 Å². The van der Waals surface area contributed by atoms with Crippen molar-refractivity contribution in [2.24, 2.45) is 10.9 Å². The molecule has 1 aromatic heterocycles. The van der Waals surface area contributed by atoms with Gasteiger partial charge in [0.05, 0.1) is 0 Å². The Morgan fingerprint density at radius 3 is 2.75 bits per heavy atom. The Morgan fingerprint density at radius 2 is 2.12 bits per heavy atom. The predicted molar refractivity (Wildman–Crippen MR) is 62.4 cm³/mol. The Balaban J connectivity index is 1.97. The van der Waals surface area contributed by atoms with Crippen molar-refractivity contribution in [1.82, 2.24) is 5.16 Å². The highest BCUT2D eigenvalue weighted by Crippen LogP contribution is 2.44. The second-order valence-electron chi connectivity index (χ2n) is 4.68. The van der Waals surface area contributed by atoms with Gasteiger partial charge in [-0.1, -0.05) is 24.4 Å². The third-order valence-corrected chi connectivity index (χ3v) is 3.80. The van der Waals surface area contributed by atoms with E-state index < -0.39 is 0 Å². The number of nitrogens with zero attached hydrogens (tertiary/aromatic N) is 2. The monoisotopic (exact) mass is 216 g/mol. The highest BCUT2D eigenvalue weighted by Gasteiger charge is 2.41. The molecular weight excluding hydrogens is 200 g/mol. The summed E-state index contributed by atoms with van der Waals surface area (Å²) in [5.41, 5.74) is 0.734. The topological polar surface area (TPSA) is 38.4 Å². The van der Waals surface area contributed by atoms with Gasteiger partial charge in [0.25, 0.3) is 0 Å². The molecule has 1 atom stereocenters. The minimum absolute atomic E-state index is 0.229. The average Bonchev–Trinajstić information content (AvgIpc) is 3.02. The third-order valence-electron chi connectivity index (χ3n) is 3.80. The fourth-order valence-corrected chi connectivity index (χ4v) is 2.96. The van der Waals surface area contributed by atoms with E-state index in [9.17, 15) is 0 Å². The normalized spacial score (nSPS) is 30.0. The van der Waals surface area contributed by atoms with Crippen LogP contribution in [0.15, 0.2) is 34.0 Å². The molecule has 1 aliphatic heterocycles. The molecule has 0 N–H and O–H groups in total. The van der Waals surface area contributed by atoms with Crippen molar-refractivity contribution in [3.63, 3.8) is 0 Å². The molecule has 0 amide bonds. The molecule has 3 heteroatoms. The first-order valence-electron chi connectivity index (χ1n) is 6.06. The Bertz CT molecular complexity index is 388. The van der Waals surface area contributed by atoms with Crippen LogP contribution in [0.3, 0.4) is 0 Å². The Kier molecular flexibility index (Phi) is 2.39. The molecule has 0 aromatic carbocycles. The van der Waals surface area contributed by atoms with Crippen LogP contribution in [-0.2, 0) is 5.54 Å². The molecule has 3 rings (SSSR count). The van der Waals surface area contributed by atoms with E-state index in [1.165, 1.54) is 32.1 Å². The zero-order chi connectivity index (χ0) is 10.8. The van der Waals surface area contributed by atoms with Gasteiger partial charge in [-0.15, -0.1) is 0 Å². The van der Waals surface area contributed by atoms with Crippen LogP contribution in [0.25, 0.3) is 0 Å². The zero-order valence-corrected chi connectivity index (χ0v) is 9.30. The summed E-state index contributed by atoms with van der Waals surface area (Å²) in [5, 5.41) is 4.11. The van der Waals surface area contributed by atoms with Gasteiger partial charge in [-0.05, 0) is 30.9 Å². The predicted octanol–water partition coefficient (Wildman–Crippen LogP) is 3.09. The molecule has 2 heterocycles. The van der Waals surface area contributed by atoms with Gasteiger partial charge in [-0.3, -0.25) is 4.99 Å². The number of aromatic nitrogens is 1. The molecule has 1 aliphatic carbocycles. The van der Waals surface area contributed by atoms with E-state index in [2.05, 4.69) is 16.2 Å². The minimum Gasteiger partial charge on any atom is -0.364 e. The Morgan fingerprint density at radius 1 is 1.25 bits per heavy atom. The molecule has 1 fully saturated rings. The van der Waals surface area contributed by atoms with Gasteiger partial charge in [0.1, 0.15) is 17.5 Å².